The van der Waals surface area contributed by atoms with Crippen LogP contribution in [0.15, 0.2) is 48.5 Å². The van der Waals surface area contributed by atoms with Crippen LogP contribution in [0.4, 0.5) is 5.95 Å². The molecule has 1 saturated heterocycles. The molecule has 2 aromatic carbocycles. The Morgan fingerprint density at radius 2 is 2.07 bits per heavy atom. The van der Waals surface area contributed by atoms with Gasteiger partial charge in [-0.25, -0.2) is 4.98 Å². The van der Waals surface area contributed by atoms with Crippen molar-refractivity contribution in [3.8, 4) is 11.4 Å². The summed E-state index contributed by atoms with van der Waals surface area (Å²) in [6.07, 6.45) is 0.339. The Morgan fingerprint density at radius 3 is 2.79 bits per heavy atom. The number of para-hydroxylation sites is 2. The first-order chi connectivity index (χ1) is 13.2. The molecule has 0 saturated carbocycles. The number of methoxy groups -OCH3 is 1. The normalized spacial score (nSPS) is 16.4. The van der Waals surface area contributed by atoms with E-state index in [4.69, 9.17) is 9.47 Å². The highest BCUT2D eigenvalue weighted by Gasteiger charge is 2.19. The number of anilines is 1. The molecule has 1 aliphatic rings. The molecule has 7 nitrogen and oxygen atoms in total. The summed E-state index contributed by atoms with van der Waals surface area (Å²) in [5.74, 6) is 1.18. The van der Waals surface area contributed by atoms with Crippen LogP contribution >= 0.6 is 12.4 Å². The predicted octanol–water partition coefficient (Wildman–Crippen LogP) is 2.77. The molecule has 0 aliphatic carbocycles. The van der Waals surface area contributed by atoms with Gasteiger partial charge in [0.1, 0.15) is 5.75 Å². The lowest BCUT2D eigenvalue weighted by atomic mass is 10.2. The van der Waals surface area contributed by atoms with Crippen LogP contribution in [-0.2, 0) is 9.53 Å². The molecule has 1 aromatic heterocycles. The Hall–Kier alpha value is -2.61. The highest BCUT2D eigenvalue weighted by Crippen LogP contribution is 2.26. The van der Waals surface area contributed by atoms with Gasteiger partial charge in [0.25, 0.3) is 0 Å². The summed E-state index contributed by atoms with van der Waals surface area (Å²) in [4.78, 5) is 17.2. The molecule has 0 spiro atoms. The van der Waals surface area contributed by atoms with E-state index in [1.807, 2.05) is 53.1 Å². The van der Waals surface area contributed by atoms with Crippen molar-refractivity contribution in [1.82, 2.24) is 14.9 Å². The molecular formula is C20H23ClN4O3. The zero-order valence-electron chi connectivity index (χ0n) is 15.6. The molecule has 2 N–H and O–H groups in total. The minimum atomic E-state index is -0.0944. The number of nitrogens with one attached hydrogen (secondary N) is 2. The molecule has 28 heavy (non-hydrogen) atoms. The largest absolute Gasteiger partial charge is 0.497 e. The topological polar surface area (TPSA) is 77.4 Å². The number of rotatable bonds is 5. The molecule has 0 radical (unpaired) electrons. The quantitative estimate of drug-likeness (QED) is 0.686. The summed E-state index contributed by atoms with van der Waals surface area (Å²) in [5.41, 5.74) is 2.65. The van der Waals surface area contributed by atoms with Gasteiger partial charge in [0, 0.05) is 24.7 Å². The molecule has 2 heterocycles. The number of hydrogen-bond donors (Lipinski definition) is 2. The number of carbonyl (C=O) groups is 1. The van der Waals surface area contributed by atoms with Gasteiger partial charge in [-0.1, -0.05) is 12.1 Å². The number of hydrogen-bond acceptors (Lipinski definition) is 5. The van der Waals surface area contributed by atoms with Crippen molar-refractivity contribution in [2.45, 2.75) is 12.5 Å². The van der Waals surface area contributed by atoms with Gasteiger partial charge in [-0.05, 0) is 36.4 Å². The third-order valence-corrected chi connectivity index (χ3v) is 4.57. The maximum Gasteiger partial charge on any atom is 0.228 e. The first kappa shape index (κ1) is 20.1. The SMILES string of the molecule is COc1ccc(-n2c(NC(=O)CC3COCCN3)nc3ccccc32)cc1.Cl. The lowest BCUT2D eigenvalue weighted by molar-refractivity contribution is -0.117. The molecule has 1 unspecified atom stereocenters. The van der Waals surface area contributed by atoms with E-state index in [0.717, 1.165) is 29.0 Å². The fraction of sp³-hybridized carbons (Fsp3) is 0.300. The fourth-order valence-corrected chi connectivity index (χ4v) is 3.25. The third kappa shape index (κ3) is 4.27. The number of carbonyl (C=O) groups excluding carboxylic acids is 1. The maximum atomic E-state index is 12.6. The molecule has 8 heteroatoms. The van der Waals surface area contributed by atoms with E-state index in [-0.39, 0.29) is 24.4 Å². The van der Waals surface area contributed by atoms with E-state index in [0.29, 0.717) is 25.6 Å². The Bertz CT molecular complexity index is 936. The molecule has 1 amide bonds. The van der Waals surface area contributed by atoms with E-state index in [1.165, 1.54) is 0 Å². The van der Waals surface area contributed by atoms with Gasteiger partial charge in [0.2, 0.25) is 11.9 Å². The number of amides is 1. The van der Waals surface area contributed by atoms with E-state index in [1.54, 1.807) is 7.11 Å². The van der Waals surface area contributed by atoms with Crippen LogP contribution in [0.2, 0.25) is 0 Å². The van der Waals surface area contributed by atoms with Crippen molar-refractivity contribution < 1.29 is 14.3 Å². The summed E-state index contributed by atoms with van der Waals surface area (Å²) in [7, 11) is 1.64. The average molecular weight is 403 g/mol. The van der Waals surface area contributed by atoms with Gasteiger partial charge in [-0.2, -0.15) is 0 Å². The van der Waals surface area contributed by atoms with Crippen LogP contribution in [0.5, 0.6) is 5.75 Å². The second-order valence-electron chi connectivity index (χ2n) is 6.44. The molecule has 1 atom stereocenters. The lowest BCUT2D eigenvalue weighted by Gasteiger charge is -2.23. The number of halogens is 1. The monoisotopic (exact) mass is 402 g/mol. The Balaban J connectivity index is 0.00000225. The van der Waals surface area contributed by atoms with Crippen molar-refractivity contribution in [3.63, 3.8) is 0 Å². The van der Waals surface area contributed by atoms with E-state index >= 15 is 0 Å². The molecule has 4 rings (SSSR count). The average Bonchev–Trinajstić information content (AvgIpc) is 3.06. The van der Waals surface area contributed by atoms with Crippen molar-refractivity contribution >= 4 is 35.3 Å². The smallest absolute Gasteiger partial charge is 0.228 e. The lowest BCUT2D eigenvalue weighted by Crippen LogP contribution is -2.43. The van der Waals surface area contributed by atoms with E-state index in [9.17, 15) is 4.79 Å². The summed E-state index contributed by atoms with van der Waals surface area (Å²) >= 11 is 0. The summed E-state index contributed by atoms with van der Waals surface area (Å²) in [5, 5.41) is 6.25. The predicted molar refractivity (Wildman–Crippen MR) is 111 cm³/mol. The number of fused-ring (bicyclic) bond motifs is 1. The minimum Gasteiger partial charge on any atom is -0.497 e. The Labute approximate surface area is 169 Å². The number of imidazole rings is 1. The molecule has 1 aliphatic heterocycles. The van der Waals surface area contributed by atoms with Crippen molar-refractivity contribution in [2.75, 3.05) is 32.2 Å². The van der Waals surface area contributed by atoms with Gasteiger partial charge in [-0.3, -0.25) is 14.7 Å². The molecular weight excluding hydrogens is 380 g/mol. The standard InChI is InChI=1S/C20H22N4O3.ClH/c1-26-16-8-6-15(7-9-16)24-18-5-3-2-4-17(18)22-20(24)23-19(25)12-14-13-27-11-10-21-14;/h2-9,14,21H,10-13H2,1H3,(H,22,23,25);1H. The van der Waals surface area contributed by atoms with Gasteiger partial charge in [-0.15, -0.1) is 12.4 Å². The number of benzene rings is 2. The minimum absolute atomic E-state index is 0. The number of ether oxygens (including phenoxy) is 2. The first-order valence-electron chi connectivity index (χ1n) is 8.97. The second-order valence-corrected chi connectivity index (χ2v) is 6.44. The Kier molecular flexibility index (Phi) is 6.51. The summed E-state index contributed by atoms with van der Waals surface area (Å²) in [6.45, 7) is 2.00. The van der Waals surface area contributed by atoms with Crippen LogP contribution in [-0.4, -0.2) is 48.4 Å². The van der Waals surface area contributed by atoms with Crippen LogP contribution < -0.4 is 15.4 Å². The van der Waals surface area contributed by atoms with Crippen LogP contribution in [0.3, 0.4) is 0 Å². The van der Waals surface area contributed by atoms with Gasteiger partial charge >= 0.3 is 0 Å². The van der Waals surface area contributed by atoms with Crippen LogP contribution in [0.25, 0.3) is 16.7 Å². The summed E-state index contributed by atoms with van der Waals surface area (Å²) in [6, 6.07) is 15.5. The summed E-state index contributed by atoms with van der Waals surface area (Å²) < 4.78 is 12.6. The first-order valence-corrected chi connectivity index (χ1v) is 8.97. The zero-order valence-corrected chi connectivity index (χ0v) is 16.4. The van der Waals surface area contributed by atoms with Crippen molar-refractivity contribution in [1.29, 1.82) is 0 Å². The zero-order chi connectivity index (χ0) is 18.6. The number of aromatic nitrogens is 2. The number of morpholine rings is 1. The van der Waals surface area contributed by atoms with E-state index < -0.39 is 0 Å². The highest BCUT2D eigenvalue weighted by molar-refractivity contribution is 5.92. The van der Waals surface area contributed by atoms with Gasteiger partial charge in [0.15, 0.2) is 0 Å². The van der Waals surface area contributed by atoms with Gasteiger partial charge in [0.05, 0.1) is 31.4 Å². The van der Waals surface area contributed by atoms with Crippen molar-refractivity contribution in [2.24, 2.45) is 0 Å². The highest BCUT2D eigenvalue weighted by atomic mass is 35.5. The number of nitrogens with zero attached hydrogens (tertiary/aromatic N) is 2. The van der Waals surface area contributed by atoms with Crippen LogP contribution in [0.1, 0.15) is 6.42 Å². The molecule has 1 fully saturated rings. The second kappa shape index (κ2) is 9.05. The third-order valence-electron chi connectivity index (χ3n) is 4.57. The maximum absolute atomic E-state index is 12.6. The molecule has 0 bridgehead atoms. The molecule has 148 valence electrons. The molecule has 3 aromatic rings. The van der Waals surface area contributed by atoms with Crippen molar-refractivity contribution in [3.05, 3.63) is 48.5 Å². The van der Waals surface area contributed by atoms with Gasteiger partial charge < -0.3 is 14.8 Å². The van der Waals surface area contributed by atoms with E-state index in [2.05, 4.69) is 15.6 Å². The Morgan fingerprint density at radius 1 is 1.29 bits per heavy atom. The van der Waals surface area contributed by atoms with Crippen LogP contribution in [0, 0.1) is 0 Å². The fourth-order valence-electron chi connectivity index (χ4n) is 3.25.